The van der Waals surface area contributed by atoms with E-state index in [4.69, 9.17) is 5.73 Å². The van der Waals surface area contributed by atoms with E-state index < -0.39 is 0 Å². The third-order valence-electron chi connectivity index (χ3n) is 4.24. The molecule has 0 bridgehead atoms. The molecular weight excluding hydrogens is 402 g/mol. The predicted molar refractivity (Wildman–Crippen MR) is 112 cm³/mol. The Morgan fingerprint density at radius 3 is 2.67 bits per heavy atom. The van der Waals surface area contributed by atoms with Crippen LogP contribution >= 0.6 is 15.9 Å². The summed E-state index contributed by atoms with van der Waals surface area (Å²) in [6, 6.07) is 14.0. The van der Waals surface area contributed by atoms with Crippen molar-refractivity contribution >= 4 is 32.8 Å². The van der Waals surface area contributed by atoms with Crippen LogP contribution in [0.4, 0.5) is 5.82 Å². The maximum absolute atomic E-state index is 6.15. The lowest BCUT2D eigenvalue weighted by molar-refractivity contribution is 1.16. The molecule has 2 N–H and O–H groups in total. The number of fused-ring (bicyclic) bond motifs is 1. The number of anilines is 1. The molecule has 5 nitrogen and oxygen atoms in total. The smallest absolute Gasteiger partial charge is 0.165 e. The maximum Gasteiger partial charge on any atom is 0.165 e. The number of nitrogen functional groups attached to an aromatic ring is 1. The molecule has 27 heavy (non-hydrogen) atoms. The first-order valence-corrected chi connectivity index (χ1v) is 9.18. The van der Waals surface area contributed by atoms with Gasteiger partial charge < -0.3 is 5.73 Å². The van der Waals surface area contributed by atoms with Gasteiger partial charge in [-0.25, -0.2) is 15.0 Å². The molecule has 0 radical (unpaired) electrons. The van der Waals surface area contributed by atoms with Crippen LogP contribution in [0.3, 0.4) is 0 Å². The van der Waals surface area contributed by atoms with Crippen molar-refractivity contribution in [3.05, 3.63) is 77.7 Å². The second kappa shape index (κ2) is 7.25. The number of rotatable bonds is 4. The molecular formula is C21H16BrN5. The van der Waals surface area contributed by atoms with Crippen molar-refractivity contribution in [3.8, 4) is 22.5 Å². The lowest BCUT2D eigenvalue weighted by atomic mass is 10.0. The van der Waals surface area contributed by atoms with Crippen molar-refractivity contribution in [1.82, 2.24) is 19.9 Å². The van der Waals surface area contributed by atoms with Crippen molar-refractivity contribution in [2.24, 2.45) is 0 Å². The van der Waals surface area contributed by atoms with Crippen LogP contribution in [0.1, 0.15) is 5.56 Å². The summed E-state index contributed by atoms with van der Waals surface area (Å²) in [7, 11) is 0. The Kier molecular flexibility index (Phi) is 4.64. The number of nitrogens with two attached hydrogens (primary N) is 1. The number of nitrogens with zero attached hydrogens (tertiary/aromatic N) is 4. The van der Waals surface area contributed by atoms with Crippen LogP contribution in [0.15, 0.2) is 72.1 Å². The molecule has 1 aromatic carbocycles. The molecule has 0 spiro atoms. The largest absolute Gasteiger partial charge is 0.383 e. The normalized spacial score (nSPS) is 10.9. The van der Waals surface area contributed by atoms with E-state index in [1.54, 1.807) is 0 Å². The Morgan fingerprint density at radius 2 is 1.93 bits per heavy atom. The first-order valence-electron chi connectivity index (χ1n) is 8.39. The van der Waals surface area contributed by atoms with Gasteiger partial charge in [-0.15, -0.1) is 6.58 Å². The molecule has 3 heterocycles. The maximum atomic E-state index is 6.15. The highest BCUT2D eigenvalue weighted by atomic mass is 79.9. The highest BCUT2D eigenvalue weighted by molar-refractivity contribution is 9.10. The monoisotopic (exact) mass is 417 g/mol. The van der Waals surface area contributed by atoms with E-state index >= 15 is 0 Å². The van der Waals surface area contributed by atoms with E-state index in [-0.39, 0.29) is 0 Å². The van der Waals surface area contributed by atoms with Gasteiger partial charge in [0.15, 0.2) is 5.65 Å². The summed E-state index contributed by atoms with van der Waals surface area (Å²) in [5, 5.41) is 0.739. The molecule has 0 atom stereocenters. The van der Waals surface area contributed by atoms with Gasteiger partial charge >= 0.3 is 0 Å². The summed E-state index contributed by atoms with van der Waals surface area (Å²) in [4.78, 5) is 17.7. The molecule has 0 aliphatic heterocycles. The number of aromatic nitrogens is 4. The lowest BCUT2D eigenvalue weighted by Crippen LogP contribution is -1.99. The minimum atomic E-state index is 0.406. The Morgan fingerprint density at radius 1 is 1.04 bits per heavy atom. The summed E-state index contributed by atoms with van der Waals surface area (Å²) < 4.78 is 0.980. The summed E-state index contributed by atoms with van der Waals surface area (Å²) >= 11 is 3.53. The van der Waals surface area contributed by atoms with E-state index in [9.17, 15) is 0 Å². The van der Waals surface area contributed by atoms with Gasteiger partial charge in [0.25, 0.3) is 0 Å². The summed E-state index contributed by atoms with van der Waals surface area (Å²) in [6.45, 7) is 3.76. The molecule has 3 aromatic heterocycles. The van der Waals surface area contributed by atoms with Crippen molar-refractivity contribution in [2.75, 3.05) is 5.73 Å². The van der Waals surface area contributed by atoms with Crippen LogP contribution in [0.5, 0.6) is 0 Å². The Bertz CT molecular complexity index is 1140. The van der Waals surface area contributed by atoms with E-state index in [0.717, 1.165) is 44.4 Å². The van der Waals surface area contributed by atoms with Crippen LogP contribution in [-0.4, -0.2) is 19.9 Å². The lowest BCUT2D eigenvalue weighted by Gasteiger charge is -2.11. The Balaban J connectivity index is 1.94. The third-order valence-corrected chi connectivity index (χ3v) is 4.73. The minimum Gasteiger partial charge on any atom is -0.383 e. The van der Waals surface area contributed by atoms with Gasteiger partial charge in [-0.1, -0.05) is 40.2 Å². The van der Waals surface area contributed by atoms with Gasteiger partial charge in [-0.3, -0.25) is 4.98 Å². The zero-order chi connectivity index (χ0) is 18.8. The number of pyridine rings is 2. The summed E-state index contributed by atoms with van der Waals surface area (Å²) in [5.74, 6) is 0.406. The predicted octanol–water partition coefficient (Wildman–Crippen LogP) is 4.83. The number of hydrogen-bond donors (Lipinski definition) is 1. The third kappa shape index (κ3) is 3.44. The van der Waals surface area contributed by atoms with Crippen molar-refractivity contribution in [3.63, 3.8) is 0 Å². The van der Waals surface area contributed by atoms with E-state index in [1.807, 2.05) is 54.7 Å². The van der Waals surface area contributed by atoms with Crippen LogP contribution in [0.2, 0.25) is 0 Å². The molecule has 0 aliphatic carbocycles. The van der Waals surface area contributed by atoms with E-state index in [1.165, 1.54) is 6.33 Å². The Labute approximate surface area is 165 Å². The SMILES string of the molecule is C=CCc1ccc(-c2cc(-c3cccc(Br)c3)c3c(N)ncnc3n2)nc1. The van der Waals surface area contributed by atoms with E-state index in [2.05, 4.69) is 42.4 Å². The van der Waals surface area contributed by atoms with Crippen LogP contribution in [0, 0.1) is 0 Å². The fourth-order valence-electron chi connectivity index (χ4n) is 2.97. The average molecular weight is 418 g/mol. The molecule has 4 aromatic rings. The molecule has 0 saturated heterocycles. The fraction of sp³-hybridized carbons (Fsp3) is 0.0476. The van der Waals surface area contributed by atoms with Crippen LogP contribution in [0.25, 0.3) is 33.5 Å². The first-order chi connectivity index (χ1) is 13.2. The zero-order valence-electron chi connectivity index (χ0n) is 14.4. The molecule has 6 heteroatoms. The molecule has 0 saturated carbocycles. The quantitative estimate of drug-likeness (QED) is 0.481. The molecule has 4 rings (SSSR count). The fourth-order valence-corrected chi connectivity index (χ4v) is 3.37. The second-order valence-electron chi connectivity index (χ2n) is 6.07. The van der Waals surface area contributed by atoms with Crippen LogP contribution < -0.4 is 5.73 Å². The molecule has 132 valence electrons. The van der Waals surface area contributed by atoms with Gasteiger partial charge in [0.1, 0.15) is 12.1 Å². The van der Waals surface area contributed by atoms with Gasteiger partial charge in [0.05, 0.1) is 16.8 Å². The molecule has 0 aliphatic rings. The van der Waals surface area contributed by atoms with Crippen molar-refractivity contribution < 1.29 is 0 Å². The summed E-state index contributed by atoms with van der Waals surface area (Å²) in [5.41, 5.74) is 11.2. The van der Waals surface area contributed by atoms with Crippen molar-refractivity contribution in [2.45, 2.75) is 6.42 Å². The van der Waals surface area contributed by atoms with Gasteiger partial charge in [-0.2, -0.15) is 0 Å². The summed E-state index contributed by atoms with van der Waals surface area (Å²) in [6.07, 6.45) is 5.91. The number of halogens is 1. The molecule has 0 amide bonds. The second-order valence-corrected chi connectivity index (χ2v) is 6.98. The minimum absolute atomic E-state index is 0.406. The highest BCUT2D eigenvalue weighted by Crippen LogP contribution is 2.34. The number of allylic oxidation sites excluding steroid dienone is 1. The highest BCUT2D eigenvalue weighted by Gasteiger charge is 2.14. The number of benzene rings is 1. The van der Waals surface area contributed by atoms with Gasteiger partial charge in [-0.05, 0) is 47.4 Å². The van der Waals surface area contributed by atoms with Crippen molar-refractivity contribution in [1.29, 1.82) is 0 Å². The van der Waals surface area contributed by atoms with Crippen LogP contribution in [-0.2, 0) is 6.42 Å². The number of hydrogen-bond acceptors (Lipinski definition) is 5. The van der Waals surface area contributed by atoms with Gasteiger partial charge in [0.2, 0.25) is 0 Å². The topological polar surface area (TPSA) is 77.6 Å². The molecule has 0 unspecified atom stereocenters. The van der Waals surface area contributed by atoms with Gasteiger partial charge in [0, 0.05) is 10.7 Å². The standard InChI is InChI=1S/C21H16BrN5/c1-2-4-13-7-8-17(24-11-13)18-10-16(14-5-3-6-15(22)9-14)19-20(23)25-12-26-21(19)27-18/h2-3,5-12H,1,4H2,(H2,23,25,26,27). The zero-order valence-corrected chi connectivity index (χ0v) is 16.0. The van der Waals surface area contributed by atoms with E-state index in [0.29, 0.717) is 11.5 Å². The average Bonchev–Trinajstić information content (AvgIpc) is 2.68. The Hall–Kier alpha value is -3.12. The first kappa shape index (κ1) is 17.3. The molecule has 0 fully saturated rings.